The van der Waals surface area contributed by atoms with Gasteiger partial charge in [0.05, 0.1) is 13.2 Å². The zero-order valence-corrected chi connectivity index (χ0v) is 16.9. The Morgan fingerprint density at radius 1 is 1.31 bits per heavy atom. The lowest BCUT2D eigenvalue weighted by molar-refractivity contribution is 0.0379. The molecule has 0 radical (unpaired) electrons. The number of aliphatic hydroxyl groups is 1. The van der Waals surface area contributed by atoms with Crippen LogP contribution >= 0.6 is 0 Å². The van der Waals surface area contributed by atoms with E-state index in [2.05, 4.69) is 38.6 Å². The van der Waals surface area contributed by atoms with Gasteiger partial charge in [-0.05, 0) is 36.7 Å². The average molecular weight is 396 g/mol. The number of hydrogen-bond acceptors (Lipinski definition) is 7. The van der Waals surface area contributed by atoms with Gasteiger partial charge in [0.1, 0.15) is 17.6 Å². The lowest BCUT2D eigenvalue weighted by Crippen LogP contribution is -2.52. The molecule has 2 atom stereocenters. The third-order valence-corrected chi connectivity index (χ3v) is 5.40. The molecule has 0 aliphatic carbocycles. The Labute approximate surface area is 170 Å². The summed E-state index contributed by atoms with van der Waals surface area (Å²) >= 11 is 0. The zero-order valence-electron chi connectivity index (χ0n) is 16.9. The summed E-state index contributed by atoms with van der Waals surface area (Å²) in [5.41, 5.74) is 2.97. The predicted octanol–water partition coefficient (Wildman–Crippen LogP) is 2.03. The van der Waals surface area contributed by atoms with Crippen LogP contribution in [0.15, 0.2) is 42.9 Å². The molecule has 0 unspecified atom stereocenters. The van der Waals surface area contributed by atoms with Crippen LogP contribution in [0.5, 0.6) is 5.75 Å². The number of methoxy groups -OCH3 is 1. The van der Waals surface area contributed by atoms with Crippen molar-refractivity contribution < 1.29 is 9.84 Å². The smallest absolute Gasteiger partial charge is 0.158 e. The van der Waals surface area contributed by atoms with Gasteiger partial charge in [-0.1, -0.05) is 13.0 Å². The second-order valence-electron chi connectivity index (χ2n) is 7.36. The van der Waals surface area contributed by atoms with E-state index >= 15 is 0 Å². The summed E-state index contributed by atoms with van der Waals surface area (Å²) in [7, 11) is 1.65. The minimum absolute atomic E-state index is 0.177. The van der Waals surface area contributed by atoms with Gasteiger partial charge in [0, 0.05) is 43.6 Å². The topological polar surface area (TPSA) is 87.0 Å². The fourth-order valence-electron chi connectivity index (χ4n) is 3.96. The van der Waals surface area contributed by atoms with Gasteiger partial charge in [0.25, 0.3) is 0 Å². The Bertz CT molecular complexity index is 959. The normalized spacial score (nSPS) is 20.1. The van der Waals surface area contributed by atoms with Crippen LogP contribution in [0.1, 0.15) is 18.9 Å². The predicted molar refractivity (Wildman–Crippen MR) is 113 cm³/mol. The van der Waals surface area contributed by atoms with Gasteiger partial charge in [-0.3, -0.25) is 4.90 Å². The molecule has 3 aromatic rings. The first-order chi connectivity index (χ1) is 14.2. The molecule has 8 heteroatoms. The summed E-state index contributed by atoms with van der Waals surface area (Å²) in [5, 5.41) is 21.6. The van der Waals surface area contributed by atoms with E-state index in [4.69, 9.17) is 4.74 Å². The number of nitrogens with one attached hydrogen (secondary N) is 2. The van der Waals surface area contributed by atoms with Crippen molar-refractivity contribution in [2.75, 3.05) is 32.1 Å². The highest BCUT2D eigenvalue weighted by Crippen LogP contribution is 2.26. The minimum Gasteiger partial charge on any atom is -0.497 e. The van der Waals surface area contributed by atoms with E-state index in [0.717, 1.165) is 54.4 Å². The SMILES string of the molecule is CCN[C@@H]1CCN(Cc2ccn3ncnc(Nc4cccc(OC)c4)c23)C[C@H]1O. The van der Waals surface area contributed by atoms with Gasteiger partial charge in [-0.15, -0.1) is 0 Å². The number of nitrogens with zero attached hydrogens (tertiary/aromatic N) is 4. The van der Waals surface area contributed by atoms with Crippen molar-refractivity contribution in [3.63, 3.8) is 0 Å². The Kier molecular flexibility index (Phi) is 5.94. The number of ether oxygens (including phenoxy) is 1. The van der Waals surface area contributed by atoms with Gasteiger partial charge >= 0.3 is 0 Å². The first kappa shape index (κ1) is 19.6. The quantitative estimate of drug-likeness (QED) is 0.563. The van der Waals surface area contributed by atoms with Crippen LogP contribution in [0.3, 0.4) is 0 Å². The summed E-state index contributed by atoms with van der Waals surface area (Å²) in [5.74, 6) is 1.53. The van der Waals surface area contributed by atoms with Crippen molar-refractivity contribution in [1.29, 1.82) is 0 Å². The van der Waals surface area contributed by atoms with E-state index in [1.54, 1.807) is 13.4 Å². The first-order valence-corrected chi connectivity index (χ1v) is 10.0. The molecule has 0 saturated carbocycles. The molecule has 4 rings (SSSR count). The molecule has 1 aliphatic heterocycles. The summed E-state index contributed by atoms with van der Waals surface area (Å²) in [6, 6.07) is 10.0. The number of likely N-dealkylation sites (tertiary alicyclic amines) is 1. The Morgan fingerprint density at radius 3 is 3.00 bits per heavy atom. The molecule has 0 amide bonds. The van der Waals surface area contributed by atoms with Gasteiger partial charge in [-0.25, -0.2) is 9.50 Å². The minimum atomic E-state index is -0.358. The molecule has 0 spiro atoms. The molecule has 1 saturated heterocycles. The van der Waals surface area contributed by atoms with E-state index in [1.807, 2.05) is 35.0 Å². The molecule has 1 aliphatic rings. The third kappa shape index (κ3) is 4.34. The maximum Gasteiger partial charge on any atom is 0.158 e. The number of aromatic nitrogens is 3. The van der Waals surface area contributed by atoms with Crippen LogP contribution in [-0.4, -0.2) is 63.5 Å². The van der Waals surface area contributed by atoms with E-state index in [9.17, 15) is 5.11 Å². The summed E-state index contributed by atoms with van der Waals surface area (Å²) in [6.45, 7) is 5.29. The first-order valence-electron chi connectivity index (χ1n) is 10.0. The number of benzene rings is 1. The molecule has 8 nitrogen and oxygen atoms in total. The van der Waals surface area contributed by atoms with E-state index in [1.165, 1.54) is 0 Å². The van der Waals surface area contributed by atoms with Crippen LogP contribution in [-0.2, 0) is 6.54 Å². The van der Waals surface area contributed by atoms with Crippen LogP contribution in [0.25, 0.3) is 5.52 Å². The lowest BCUT2D eigenvalue weighted by Gasteiger charge is -2.36. The van der Waals surface area contributed by atoms with Crippen molar-refractivity contribution >= 4 is 17.0 Å². The Morgan fingerprint density at radius 2 is 2.21 bits per heavy atom. The highest BCUT2D eigenvalue weighted by Gasteiger charge is 2.27. The maximum atomic E-state index is 10.5. The van der Waals surface area contributed by atoms with E-state index < -0.39 is 0 Å². The molecule has 154 valence electrons. The molecule has 1 fully saturated rings. The van der Waals surface area contributed by atoms with Gasteiger partial charge in [0.2, 0.25) is 0 Å². The van der Waals surface area contributed by atoms with Crippen LogP contribution in [0.4, 0.5) is 11.5 Å². The average Bonchev–Trinajstić information content (AvgIpc) is 3.14. The van der Waals surface area contributed by atoms with Crippen LogP contribution in [0, 0.1) is 0 Å². The lowest BCUT2D eigenvalue weighted by atomic mass is 10.0. The van der Waals surface area contributed by atoms with Gasteiger partial charge < -0.3 is 20.5 Å². The van der Waals surface area contributed by atoms with Crippen molar-refractivity contribution in [1.82, 2.24) is 24.8 Å². The second-order valence-corrected chi connectivity index (χ2v) is 7.36. The van der Waals surface area contributed by atoms with Gasteiger partial charge in [0.15, 0.2) is 5.82 Å². The Balaban J connectivity index is 1.55. The molecule has 29 heavy (non-hydrogen) atoms. The van der Waals surface area contributed by atoms with Crippen molar-refractivity contribution in [3.8, 4) is 5.75 Å². The number of piperidine rings is 1. The maximum absolute atomic E-state index is 10.5. The van der Waals surface area contributed by atoms with E-state index in [-0.39, 0.29) is 12.1 Å². The standard InChI is InChI=1S/C21H28N6O2/c1-3-22-18-8-9-26(13-19(18)28)12-15-7-10-27-20(15)21(23-14-24-27)25-16-5-4-6-17(11-16)29-2/h4-7,10-11,14,18-19,22,28H,3,8-9,12-13H2,1-2H3,(H,23,24,25)/t18-,19-/m1/s1. The van der Waals surface area contributed by atoms with Crippen molar-refractivity contribution in [2.24, 2.45) is 0 Å². The number of likely N-dealkylation sites (N-methyl/N-ethyl adjacent to an activating group) is 1. The molecule has 2 aromatic heterocycles. The number of β-amino-alcohol motifs (C(OH)–C–C–N with tert-alkyl or cyclic N) is 1. The number of anilines is 2. The fourth-order valence-corrected chi connectivity index (χ4v) is 3.96. The molecular formula is C21H28N6O2. The molecule has 0 bridgehead atoms. The van der Waals surface area contributed by atoms with Crippen molar-refractivity contribution in [3.05, 3.63) is 48.4 Å². The monoisotopic (exact) mass is 396 g/mol. The third-order valence-electron chi connectivity index (χ3n) is 5.40. The van der Waals surface area contributed by atoms with Crippen LogP contribution in [0.2, 0.25) is 0 Å². The zero-order chi connectivity index (χ0) is 20.2. The van der Waals surface area contributed by atoms with Crippen LogP contribution < -0.4 is 15.4 Å². The molecule has 3 heterocycles. The molecule has 1 aromatic carbocycles. The van der Waals surface area contributed by atoms with E-state index in [0.29, 0.717) is 6.54 Å². The summed E-state index contributed by atoms with van der Waals surface area (Å²) < 4.78 is 7.15. The fraction of sp³-hybridized carbons (Fsp3) is 0.429. The number of hydrogen-bond donors (Lipinski definition) is 3. The highest BCUT2D eigenvalue weighted by atomic mass is 16.5. The van der Waals surface area contributed by atoms with Crippen molar-refractivity contribution in [2.45, 2.75) is 32.0 Å². The highest BCUT2D eigenvalue weighted by molar-refractivity contribution is 5.76. The second kappa shape index (κ2) is 8.77. The Hall–Kier alpha value is -2.68. The largest absolute Gasteiger partial charge is 0.497 e. The number of rotatable bonds is 7. The molecule has 3 N–H and O–H groups in total. The number of aliphatic hydroxyl groups excluding tert-OH is 1. The summed E-state index contributed by atoms with van der Waals surface area (Å²) in [4.78, 5) is 6.76. The molecular weight excluding hydrogens is 368 g/mol. The number of fused-ring (bicyclic) bond motifs is 1. The van der Waals surface area contributed by atoms with Gasteiger partial charge in [-0.2, -0.15) is 5.10 Å². The summed E-state index contributed by atoms with van der Waals surface area (Å²) in [6.07, 6.45) is 4.07.